The van der Waals surface area contributed by atoms with Crippen molar-refractivity contribution in [2.24, 2.45) is 5.73 Å². The van der Waals surface area contributed by atoms with E-state index in [-0.39, 0.29) is 17.2 Å². The van der Waals surface area contributed by atoms with Crippen molar-refractivity contribution in [3.63, 3.8) is 0 Å². The van der Waals surface area contributed by atoms with Crippen LogP contribution in [0.15, 0.2) is 5.38 Å². The van der Waals surface area contributed by atoms with Gasteiger partial charge in [-0.3, -0.25) is 0 Å². The minimum absolute atomic E-state index is 0.0113. The topological polar surface area (TPSA) is 73.1 Å². The molecular formula is C11H20N2O2S2. The number of sulfone groups is 1. The van der Waals surface area contributed by atoms with Gasteiger partial charge >= 0.3 is 0 Å². The maximum absolute atomic E-state index is 11.1. The zero-order valence-electron chi connectivity index (χ0n) is 10.7. The molecule has 1 aromatic heterocycles. The molecule has 1 atom stereocenters. The van der Waals surface area contributed by atoms with Gasteiger partial charge in [0.15, 0.2) is 0 Å². The number of nitrogens with two attached hydrogens (primary N) is 1. The van der Waals surface area contributed by atoms with Crippen LogP contribution in [-0.4, -0.2) is 31.5 Å². The van der Waals surface area contributed by atoms with Crippen molar-refractivity contribution in [3.05, 3.63) is 16.1 Å². The van der Waals surface area contributed by atoms with E-state index >= 15 is 0 Å². The van der Waals surface area contributed by atoms with E-state index in [4.69, 9.17) is 5.73 Å². The first-order chi connectivity index (χ1) is 7.58. The summed E-state index contributed by atoms with van der Waals surface area (Å²) in [7, 11) is -3.01. The number of hydrogen-bond acceptors (Lipinski definition) is 5. The summed E-state index contributed by atoms with van der Waals surface area (Å²) < 4.78 is 22.2. The molecule has 1 aromatic rings. The quantitative estimate of drug-likeness (QED) is 0.901. The summed E-state index contributed by atoms with van der Waals surface area (Å²) in [6.45, 7) is 6.30. The Labute approximate surface area is 107 Å². The number of thiazole rings is 1. The number of aromatic nitrogens is 1. The molecule has 0 aliphatic heterocycles. The summed E-state index contributed by atoms with van der Waals surface area (Å²) >= 11 is 1.54. The third-order valence-corrected chi connectivity index (χ3v) is 4.18. The summed E-state index contributed by atoms with van der Waals surface area (Å²) in [4.78, 5) is 4.50. The molecule has 0 aromatic carbocycles. The van der Waals surface area contributed by atoms with Gasteiger partial charge in [0.05, 0.1) is 16.5 Å². The standard InChI is InChI=1S/C11H20N2O2S2/c1-11(2,3)9-6-16-10(13-9)5-8(12)7-17(4,14)15/h6,8H,5,7,12H2,1-4H3. The monoisotopic (exact) mass is 276 g/mol. The molecule has 1 unspecified atom stereocenters. The van der Waals surface area contributed by atoms with E-state index in [1.807, 2.05) is 5.38 Å². The van der Waals surface area contributed by atoms with Crippen LogP contribution in [0.1, 0.15) is 31.5 Å². The second kappa shape index (κ2) is 5.04. The molecule has 0 fully saturated rings. The SMILES string of the molecule is CC(C)(C)c1csc(CC(N)CS(C)(=O)=O)n1. The minimum Gasteiger partial charge on any atom is -0.326 e. The van der Waals surface area contributed by atoms with Crippen molar-refractivity contribution in [2.45, 2.75) is 38.6 Å². The summed E-state index contributed by atoms with van der Waals surface area (Å²) in [5, 5.41) is 2.92. The Bertz CT molecular complexity index is 472. The third-order valence-electron chi connectivity index (χ3n) is 2.27. The third kappa shape index (κ3) is 5.14. The van der Waals surface area contributed by atoms with Crippen molar-refractivity contribution in [2.75, 3.05) is 12.0 Å². The van der Waals surface area contributed by atoms with Crippen LogP contribution < -0.4 is 5.73 Å². The van der Waals surface area contributed by atoms with Gasteiger partial charge < -0.3 is 5.73 Å². The molecule has 1 heterocycles. The first kappa shape index (κ1) is 14.6. The zero-order valence-corrected chi connectivity index (χ0v) is 12.4. The predicted octanol–water partition coefficient (Wildman–Crippen LogP) is 1.35. The maximum Gasteiger partial charge on any atom is 0.148 e. The number of rotatable bonds is 4. The molecule has 1 rings (SSSR count). The molecule has 0 bridgehead atoms. The van der Waals surface area contributed by atoms with E-state index in [1.165, 1.54) is 6.26 Å². The van der Waals surface area contributed by atoms with Crippen LogP contribution in [0.25, 0.3) is 0 Å². The highest BCUT2D eigenvalue weighted by molar-refractivity contribution is 7.90. The molecule has 0 saturated heterocycles. The Morgan fingerprint density at radius 3 is 2.47 bits per heavy atom. The van der Waals surface area contributed by atoms with E-state index in [0.29, 0.717) is 6.42 Å². The van der Waals surface area contributed by atoms with Gasteiger partial charge in [0, 0.05) is 29.5 Å². The minimum atomic E-state index is -3.01. The molecule has 6 heteroatoms. The molecule has 0 aliphatic rings. The Morgan fingerprint density at radius 1 is 1.47 bits per heavy atom. The fraction of sp³-hybridized carbons (Fsp3) is 0.727. The van der Waals surface area contributed by atoms with Crippen molar-refractivity contribution >= 4 is 21.2 Å². The van der Waals surface area contributed by atoms with Gasteiger partial charge in [0.2, 0.25) is 0 Å². The van der Waals surface area contributed by atoms with Crippen LogP contribution in [0.2, 0.25) is 0 Å². The molecule has 98 valence electrons. The van der Waals surface area contributed by atoms with Gasteiger partial charge in [-0.25, -0.2) is 13.4 Å². The van der Waals surface area contributed by atoms with Gasteiger partial charge in [-0.1, -0.05) is 20.8 Å². The molecule has 4 nitrogen and oxygen atoms in total. The van der Waals surface area contributed by atoms with Crippen LogP contribution in [0, 0.1) is 0 Å². The predicted molar refractivity (Wildman–Crippen MR) is 72.2 cm³/mol. The number of hydrogen-bond donors (Lipinski definition) is 1. The highest BCUT2D eigenvalue weighted by atomic mass is 32.2. The highest BCUT2D eigenvalue weighted by Crippen LogP contribution is 2.24. The summed E-state index contributed by atoms with van der Waals surface area (Å²) in [5.74, 6) is 0.0113. The smallest absolute Gasteiger partial charge is 0.148 e. The Hall–Kier alpha value is -0.460. The second-order valence-corrected chi connectivity index (χ2v) is 8.56. The summed E-state index contributed by atoms with van der Waals surface area (Å²) in [5.41, 5.74) is 6.85. The lowest BCUT2D eigenvalue weighted by atomic mass is 9.93. The van der Waals surface area contributed by atoms with Crippen LogP contribution in [0.4, 0.5) is 0 Å². The van der Waals surface area contributed by atoms with Gasteiger partial charge in [-0.2, -0.15) is 0 Å². The van der Waals surface area contributed by atoms with E-state index in [2.05, 4.69) is 25.8 Å². The van der Waals surface area contributed by atoms with Gasteiger partial charge in [-0.15, -0.1) is 11.3 Å². The van der Waals surface area contributed by atoms with Crippen molar-refractivity contribution in [1.82, 2.24) is 4.98 Å². The van der Waals surface area contributed by atoms with Crippen LogP contribution in [-0.2, 0) is 21.7 Å². The molecule has 0 amide bonds. The Kier molecular flexibility index (Phi) is 4.33. The fourth-order valence-corrected chi connectivity index (χ4v) is 3.43. The van der Waals surface area contributed by atoms with Gasteiger partial charge in [0.1, 0.15) is 9.84 Å². The average molecular weight is 276 g/mol. The Morgan fingerprint density at radius 2 is 2.06 bits per heavy atom. The fourth-order valence-electron chi connectivity index (χ4n) is 1.42. The normalized spacial score (nSPS) is 14.9. The van der Waals surface area contributed by atoms with E-state index in [0.717, 1.165) is 10.7 Å². The summed E-state index contributed by atoms with van der Waals surface area (Å²) in [6.07, 6.45) is 1.73. The van der Waals surface area contributed by atoms with E-state index in [9.17, 15) is 8.42 Å². The lowest BCUT2D eigenvalue weighted by molar-refractivity contribution is 0.568. The van der Waals surface area contributed by atoms with Gasteiger partial charge in [0.25, 0.3) is 0 Å². The van der Waals surface area contributed by atoms with Crippen LogP contribution in [0.5, 0.6) is 0 Å². The highest BCUT2D eigenvalue weighted by Gasteiger charge is 2.19. The second-order valence-electron chi connectivity index (χ2n) is 5.43. The van der Waals surface area contributed by atoms with E-state index < -0.39 is 9.84 Å². The molecular weight excluding hydrogens is 256 g/mol. The lowest BCUT2D eigenvalue weighted by Crippen LogP contribution is -2.31. The van der Waals surface area contributed by atoms with Crippen molar-refractivity contribution < 1.29 is 8.42 Å². The van der Waals surface area contributed by atoms with Crippen molar-refractivity contribution in [3.8, 4) is 0 Å². The largest absolute Gasteiger partial charge is 0.326 e. The zero-order chi connectivity index (χ0) is 13.3. The average Bonchev–Trinajstić information content (AvgIpc) is 2.47. The lowest BCUT2D eigenvalue weighted by Gasteiger charge is -2.14. The van der Waals surface area contributed by atoms with Crippen LogP contribution in [0.3, 0.4) is 0 Å². The molecule has 0 radical (unpaired) electrons. The van der Waals surface area contributed by atoms with E-state index in [1.54, 1.807) is 11.3 Å². The first-order valence-electron chi connectivity index (χ1n) is 5.46. The molecule has 0 aliphatic carbocycles. The first-order valence-corrected chi connectivity index (χ1v) is 8.40. The van der Waals surface area contributed by atoms with Gasteiger partial charge in [-0.05, 0) is 0 Å². The maximum atomic E-state index is 11.1. The molecule has 2 N–H and O–H groups in total. The number of nitrogens with zero attached hydrogens (tertiary/aromatic N) is 1. The molecule has 0 spiro atoms. The summed E-state index contributed by atoms with van der Waals surface area (Å²) in [6, 6.07) is -0.371. The van der Waals surface area contributed by atoms with Crippen molar-refractivity contribution in [1.29, 1.82) is 0 Å². The van der Waals surface area contributed by atoms with Crippen LogP contribution >= 0.6 is 11.3 Å². The Balaban J connectivity index is 2.67. The molecule has 17 heavy (non-hydrogen) atoms. The molecule has 0 saturated carbocycles.